The van der Waals surface area contributed by atoms with Crippen LogP contribution >= 0.6 is 12.2 Å². The molecule has 0 saturated carbocycles. The van der Waals surface area contributed by atoms with Crippen molar-refractivity contribution in [1.82, 2.24) is 10.9 Å². The average Bonchev–Trinajstić information content (AvgIpc) is 1.87. The van der Waals surface area contributed by atoms with Crippen LogP contribution in [-0.2, 0) is 4.79 Å². The molecule has 0 fully saturated rings. The van der Waals surface area contributed by atoms with Crippen LogP contribution in [0.2, 0.25) is 0 Å². The predicted octanol–water partition coefficient (Wildman–Crippen LogP) is -1.84. The summed E-state index contributed by atoms with van der Waals surface area (Å²) in [6.45, 7) is 0. The summed E-state index contributed by atoms with van der Waals surface area (Å²) in [6, 6.07) is 0. The van der Waals surface area contributed by atoms with Crippen LogP contribution in [0.4, 0.5) is 0 Å². The second kappa shape index (κ2) is 4.19. The highest BCUT2D eigenvalue weighted by Gasteiger charge is 2.00. The van der Waals surface area contributed by atoms with Crippen molar-refractivity contribution in [1.29, 1.82) is 0 Å². The van der Waals surface area contributed by atoms with Gasteiger partial charge in [0.15, 0.2) is 0 Å². The minimum Gasteiger partial charge on any atom is -0.318 e. The Morgan fingerprint density at radius 1 is 1.44 bits per heavy atom. The molecular weight excluding hydrogens is 140 g/mol. The zero-order chi connectivity index (χ0) is 7.28. The minimum absolute atomic E-state index is 0.0301. The minimum atomic E-state index is -0.363. The second-order valence-corrected chi connectivity index (χ2v) is 1.80. The van der Waals surface area contributed by atoms with Gasteiger partial charge in [0.2, 0.25) is 5.91 Å². The van der Waals surface area contributed by atoms with E-state index in [4.69, 9.17) is 11.7 Å². The van der Waals surface area contributed by atoms with Crippen LogP contribution in [-0.4, -0.2) is 10.9 Å². The van der Waals surface area contributed by atoms with E-state index in [0.717, 1.165) is 0 Å². The van der Waals surface area contributed by atoms with Gasteiger partial charge in [0.05, 0.1) is 11.4 Å². The van der Waals surface area contributed by atoms with Gasteiger partial charge in [0.1, 0.15) is 0 Å². The molecule has 0 heterocycles. The smallest absolute Gasteiger partial charge is 0.240 e. The fourth-order valence-electron chi connectivity index (χ4n) is 0.248. The van der Waals surface area contributed by atoms with E-state index in [1.165, 1.54) is 0 Å². The Hall–Kier alpha value is -0.720. The first-order valence-electron chi connectivity index (χ1n) is 2.19. The number of hydrogen-bond acceptors (Lipinski definition) is 4. The summed E-state index contributed by atoms with van der Waals surface area (Å²) in [7, 11) is 0. The van der Waals surface area contributed by atoms with Gasteiger partial charge in [0.25, 0.3) is 0 Å². The zero-order valence-electron chi connectivity index (χ0n) is 4.68. The van der Waals surface area contributed by atoms with Gasteiger partial charge in [-0.3, -0.25) is 16.1 Å². The quantitative estimate of drug-likeness (QED) is 0.160. The van der Waals surface area contributed by atoms with Crippen LogP contribution in [0.3, 0.4) is 0 Å². The molecule has 6 heteroatoms. The largest absolute Gasteiger partial charge is 0.318 e. The Kier molecular flexibility index (Phi) is 3.85. The van der Waals surface area contributed by atoms with Crippen molar-refractivity contribution in [3.05, 3.63) is 0 Å². The van der Waals surface area contributed by atoms with Gasteiger partial charge >= 0.3 is 0 Å². The Morgan fingerprint density at radius 2 is 2.00 bits per heavy atom. The van der Waals surface area contributed by atoms with Gasteiger partial charge in [-0.1, -0.05) is 12.2 Å². The topological polar surface area (TPSA) is 93.2 Å². The predicted molar refractivity (Wildman–Crippen MR) is 36.9 cm³/mol. The molecule has 5 nitrogen and oxygen atoms in total. The lowest BCUT2D eigenvalue weighted by Gasteiger charge is -1.98. The maximum Gasteiger partial charge on any atom is 0.240 e. The number of carbonyl (C=O) groups excluding carboxylic acids is 1. The van der Waals surface area contributed by atoms with Crippen LogP contribution in [0.5, 0.6) is 0 Å². The first-order chi connectivity index (χ1) is 4.20. The van der Waals surface area contributed by atoms with Gasteiger partial charge in [-0.25, -0.2) is 5.84 Å². The maximum absolute atomic E-state index is 10.4. The van der Waals surface area contributed by atoms with Crippen LogP contribution in [0.15, 0.2) is 0 Å². The first-order valence-corrected chi connectivity index (χ1v) is 2.60. The van der Waals surface area contributed by atoms with Gasteiger partial charge in [-0.05, 0) is 0 Å². The van der Waals surface area contributed by atoms with E-state index in [2.05, 4.69) is 17.6 Å². The van der Waals surface area contributed by atoms with Gasteiger partial charge in [-0.2, -0.15) is 0 Å². The number of hydrazine groups is 2. The van der Waals surface area contributed by atoms with E-state index < -0.39 is 0 Å². The van der Waals surface area contributed by atoms with Crippen LogP contribution in [0, 0.1) is 0 Å². The molecule has 0 rings (SSSR count). The van der Waals surface area contributed by atoms with Crippen molar-refractivity contribution in [3.8, 4) is 0 Å². The summed E-state index contributed by atoms with van der Waals surface area (Å²) in [5.74, 6) is 9.25. The Morgan fingerprint density at radius 3 is 2.33 bits per heavy atom. The van der Waals surface area contributed by atoms with Crippen molar-refractivity contribution >= 4 is 23.1 Å². The second-order valence-electron chi connectivity index (χ2n) is 1.31. The highest BCUT2D eigenvalue weighted by atomic mass is 32.1. The fourth-order valence-corrected chi connectivity index (χ4v) is 0.379. The number of amides is 1. The average molecular weight is 148 g/mol. The van der Waals surface area contributed by atoms with Gasteiger partial charge in [-0.15, -0.1) is 0 Å². The first kappa shape index (κ1) is 8.28. The Labute approximate surface area is 57.7 Å². The highest BCUT2D eigenvalue weighted by molar-refractivity contribution is 7.80. The normalized spacial score (nSPS) is 8.22. The highest BCUT2D eigenvalue weighted by Crippen LogP contribution is 1.78. The van der Waals surface area contributed by atoms with Gasteiger partial charge in [0, 0.05) is 0 Å². The summed E-state index contributed by atoms with van der Waals surface area (Å²) in [4.78, 5) is 10.6. The Bertz CT molecular complexity index is 111. The number of thiocarbonyl (C=S) groups is 1. The number of nitrogens with one attached hydrogen (secondary N) is 2. The molecule has 0 atom stereocenters. The van der Waals surface area contributed by atoms with Crippen molar-refractivity contribution < 1.29 is 4.79 Å². The molecule has 0 aliphatic heterocycles. The molecular formula is C3H8N4OS. The fraction of sp³-hybridized carbons (Fsp3) is 0.333. The molecule has 0 radical (unpaired) electrons. The molecule has 0 bridgehead atoms. The molecule has 0 aromatic rings. The van der Waals surface area contributed by atoms with Crippen molar-refractivity contribution in [2.45, 2.75) is 6.42 Å². The van der Waals surface area contributed by atoms with E-state index in [-0.39, 0.29) is 17.3 Å². The molecule has 9 heavy (non-hydrogen) atoms. The van der Waals surface area contributed by atoms with Crippen LogP contribution < -0.4 is 22.5 Å². The molecule has 0 aromatic heterocycles. The summed E-state index contributed by atoms with van der Waals surface area (Å²) >= 11 is 4.55. The molecule has 0 unspecified atom stereocenters. The van der Waals surface area contributed by atoms with E-state index in [1.54, 1.807) is 0 Å². The summed E-state index contributed by atoms with van der Waals surface area (Å²) in [5.41, 5.74) is 4.05. The third-order valence-corrected chi connectivity index (χ3v) is 0.905. The van der Waals surface area contributed by atoms with Crippen molar-refractivity contribution in [2.75, 3.05) is 0 Å². The molecule has 0 aromatic carbocycles. The third kappa shape index (κ3) is 3.83. The standard InChI is InChI=1S/C3H8N4OS/c4-6-2(8)1-3(9)7-5/h1,4-5H2,(H,6,8)(H,7,9). The van der Waals surface area contributed by atoms with Crippen molar-refractivity contribution in [3.63, 3.8) is 0 Å². The summed E-state index contributed by atoms with van der Waals surface area (Å²) in [5, 5.41) is 0. The zero-order valence-corrected chi connectivity index (χ0v) is 5.49. The van der Waals surface area contributed by atoms with Crippen LogP contribution in [0.25, 0.3) is 0 Å². The summed E-state index contributed by atoms with van der Waals surface area (Å²) in [6.07, 6.45) is 0.0301. The van der Waals surface area contributed by atoms with E-state index in [0.29, 0.717) is 0 Å². The van der Waals surface area contributed by atoms with Gasteiger partial charge < -0.3 is 5.43 Å². The third-order valence-electron chi connectivity index (χ3n) is 0.643. The monoisotopic (exact) mass is 148 g/mol. The summed E-state index contributed by atoms with van der Waals surface area (Å²) < 4.78 is 0. The molecule has 0 spiro atoms. The lowest BCUT2D eigenvalue weighted by Crippen LogP contribution is -2.37. The number of carbonyl (C=O) groups is 1. The van der Waals surface area contributed by atoms with Crippen molar-refractivity contribution in [2.24, 2.45) is 11.7 Å². The number of hydrogen-bond donors (Lipinski definition) is 4. The van der Waals surface area contributed by atoms with Crippen LogP contribution in [0.1, 0.15) is 6.42 Å². The lowest BCUT2D eigenvalue weighted by atomic mass is 10.4. The van der Waals surface area contributed by atoms with E-state index >= 15 is 0 Å². The lowest BCUT2D eigenvalue weighted by molar-refractivity contribution is -0.119. The molecule has 52 valence electrons. The number of nitrogens with two attached hydrogens (primary N) is 2. The molecule has 6 N–H and O–H groups in total. The molecule has 0 saturated heterocycles. The van der Waals surface area contributed by atoms with E-state index in [1.807, 2.05) is 5.43 Å². The molecule has 0 aliphatic carbocycles. The number of rotatable bonds is 2. The Balaban J connectivity index is 3.47. The molecule has 1 amide bonds. The SMILES string of the molecule is NNC(=O)CC(=S)NN. The van der Waals surface area contributed by atoms with E-state index in [9.17, 15) is 4.79 Å². The maximum atomic E-state index is 10.4. The molecule has 0 aliphatic rings.